The first-order chi connectivity index (χ1) is 13.0. The quantitative estimate of drug-likeness (QED) is 0.846. The third-order valence-electron chi connectivity index (χ3n) is 4.55. The first-order valence-electron chi connectivity index (χ1n) is 8.58. The van der Waals surface area contributed by atoms with E-state index < -0.39 is 0 Å². The molecule has 0 unspecified atom stereocenters. The zero-order valence-corrected chi connectivity index (χ0v) is 15.9. The second kappa shape index (κ2) is 8.35. The number of amides is 2. The van der Waals surface area contributed by atoms with Gasteiger partial charge in [-0.05, 0) is 37.1 Å². The van der Waals surface area contributed by atoms with Crippen molar-refractivity contribution in [2.24, 2.45) is 0 Å². The van der Waals surface area contributed by atoms with Crippen molar-refractivity contribution < 1.29 is 23.5 Å². The highest BCUT2D eigenvalue weighted by Crippen LogP contribution is 2.36. The number of furan rings is 1. The number of carbonyl (C=O) groups excluding carboxylic acids is 2. The van der Waals surface area contributed by atoms with Gasteiger partial charge in [0.2, 0.25) is 0 Å². The second-order valence-electron chi connectivity index (χ2n) is 6.21. The molecule has 3 rings (SSSR count). The molecule has 27 heavy (non-hydrogen) atoms. The van der Waals surface area contributed by atoms with Gasteiger partial charge in [-0.3, -0.25) is 9.59 Å². The molecule has 0 atom stereocenters. The lowest BCUT2D eigenvalue weighted by Crippen LogP contribution is -2.46. The predicted octanol–water partition coefficient (Wildman–Crippen LogP) is 2.98. The van der Waals surface area contributed by atoms with Crippen LogP contribution in [0.4, 0.5) is 0 Å². The van der Waals surface area contributed by atoms with E-state index in [-0.39, 0.29) is 17.9 Å². The summed E-state index contributed by atoms with van der Waals surface area (Å²) >= 11 is 6.17. The smallest absolute Gasteiger partial charge is 0.289 e. The topological polar surface area (TPSA) is 81.0 Å². The Labute approximate surface area is 162 Å². The lowest BCUT2D eigenvalue weighted by Gasteiger charge is -2.32. The molecule has 2 aromatic rings. The normalized spacial score (nSPS) is 14.7. The summed E-state index contributed by atoms with van der Waals surface area (Å²) in [4.78, 5) is 26.6. The van der Waals surface area contributed by atoms with E-state index in [9.17, 15) is 9.59 Å². The number of benzene rings is 1. The van der Waals surface area contributed by atoms with E-state index in [0.717, 1.165) is 0 Å². The molecule has 0 aliphatic carbocycles. The van der Waals surface area contributed by atoms with Crippen LogP contribution < -0.4 is 14.8 Å². The van der Waals surface area contributed by atoms with Crippen LogP contribution in [0, 0.1) is 0 Å². The average Bonchev–Trinajstić information content (AvgIpc) is 3.22. The molecule has 2 amide bonds. The van der Waals surface area contributed by atoms with Crippen LogP contribution >= 0.6 is 11.6 Å². The average molecular weight is 393 g/mol. The van der Waals surface area contributed by atoms with Crippen molar-refractivity contribution in [2.75, 3.05) is 27.3 Å². The van der Waals surface area contributed by atoms with Crippen molar-refractivity contribution in [1.82, 2.24) is 10.2 Å². The summed E-state index contributed by atoms with van der Waals surface area (Å²) in [5, 5.41) is 3.30. The van der Waals surface area contributed by atoms with E-state index in [1.807, 2.05) is 0 Å². The van der Waals surface area contributed by atoms with Gasteiger partial charge in [0, 0.05) is 24.7 Å². The third kappa shape index (κ3) is 4.19. The molecule has 1 saturated heterocycles. The molecule has 1 aromatic carbocycles. The summed E-state index contributed by atoms with van der Waals surface area (Å²) in [6, 6.07) is 6.46. The summed E-state index contributed by atoms with van der Waals surface area (Å²) < 4.78 is 15.6. The predicted molar refractivity (Wildman–Crippen MR) is 99.7 cm³/mol. The number of rotatable bonds is 5. The molecule has 0 spiro atoms. The molecule has 8 heteroatoms. The Morgan fingerprint density at radius 3 is 2.56 bits per heavy atom. The van der Waals surface area contributed by atoms with Gasteiger partial charge in [0.05, 0.1) is 25.5 Å². The maximum Gasteiger partial charge on any atom is 0.289 e. The van der Waals surface area contributed by atoms with Crippen LogP contribution in [0.3, 0.4) is 0 Å². The molecular weight excluding hydrogens is 372 g/mol. The molecule has 1 fully saturated rings. The highest BCUT2D eigenvalue weighted by molar-refractivity contribution is 6.32. The lowest BCUT2D eigenvalue weighted by molar-refractivity contribution is 0.0667. The Bertz CT molecular complexity index is 814. The fraction of sp³-hybridized carbons (Fsp3) is 0.368. The maximum atomic E-state index is 12.6. The number of ether oxygens (including phenoxy) is 2. The SMILES string of the molecule is COc1cc(C(=O)NC2CCN(C(=O)c3ccco3)CC2)cc(Cl)c1OC. The standard InChI is InChI=1S/C19H21ClN2O5/c1-25-16-11-12(10-14(20)17(16)26-2)18(23)21-13-5-7-22(8-6-13)19(24)15-4-3-9-27-15/h3-4,9-11,13H,5-8H2,1-2H3,(H,21,23). The van der Waals surface area contributed by atoms with Crippen LogP contribution in [-0.2, 0) is 0 Å². The summed E-state index contributed by atoms with van der Waals surface area (Å²) in [7, 11) is 2.98. The van der Waals surface area contributed by atoms with E-state index in [0.29, 0.717) is 53.8 Å². The van der Waals surface area contributed by atoms with Gasteiger partial charge in [0.25, 0.3) is 11.8 Å². The molecule has 1 aromatic heterocycles. The Balaban J connectivity index is 1.60. The minimum absolute atomic E-state index is 0.0231. The lowest BCUT2D eigenvalue weighted by atomic mass is 10.0. The molecule has 1 aliphatic rings. The number of methoxy groups -OCH3 is 2. The summed E-state index contributed by atoms with van der Waals surface area (Å²) in [5.74, 6) is 0.747. The minimum atomic E-state index is -0.242. The molecule has 1 aliphatic heterocycles. The van der Waals surface area contributed by atoms with Gasteiger partial charge < -0.3 is 24.1 Å². The number of piperidine rings is 1. The van der Waals surface area contributed by atoms with Crippen molar-refractivity contribution in [2.45, 2.75) is 18.9 Å². The molecule has 144 valence electrons. The molecule has 2 heterocycles. The molecule has 0 radical (unpaired) electrons. The van der Waals surface area contributed by atoms with E-state index in [1.165, 1.54) is 20.5 Å². The Morgan fingerprint density at radius 1 is 1.22 bits per heavy atom. The maximum absolute atomic E-state index is 12.6. The molecule has 7 nitrogen and oxygen atoms in total. The Hall–Kier alpha value is -2.67. The van der Waals surface area contributed by atoms with Crippen molar-refractivity contribution in [1.29, 1.82) is 0 Å². The molecule has 1 N–H and O–H groups in total. The van der Waals surface area contributed by atoms with Crippen molar-refractivity contribution in [3.63, 3.8) is 0 Å². The minimum Gasteiger partial charge on any atom is -0.493 e. The van der Waals surface area contributed by atoms with Crippen molar-refractivity contribution in [3.05, 3.63) is 46.9 Å². The van der Waals surface area contributed by atoms with Gasteiger partial charge in [0.1, 0.15) is 0 Å². The number of nitrogens with zero attached hydrogens (tertiary/aromatic N) is 1. The number of hydrogen-bond acceptors (Lipinski definition) is 5. The van der Waals surface area contributed by atoms with E-state index in [4.69, 9.17) is 25.5 Å². The third-order valence-corrected chi connectivity index (χ3v) is 4.83. The first-order valence-corrected chi connectivity index (χ1v) is 8.96. The monoisotopic (exact) mass is 392 g/mol. The Morgan fingerprint density at radius 2 is 1.96 bits per heavy atom. The second-order valence-corrected chi connectivity index (χ2v) is 6.62. The van der Waals surface area contributed by atoms with Crippen LogP contribution in [-0.4, -0.2) is 50.1 Å². The van der Waals surface area contributed by atoms with Crippen LogP contribution in [0.2, 0.25) is 5.02 Å². The summed E-state index contributed by atoms with van der Waals surface area (Å²) in [6.45, 7) is 1.11. The van der Waals surface area contributed by atoms with E-state index >= 15 is 0 Å². The van der Waals surface area contributed by atoms with Crippen molar-refractivity contribution in [3.8, 4) is 11.5 Å². The number of likely N-dealkylation sites (tertiary alicyclic amines) is 1. The largest absolute Gasteiger partial charge is 0.493 e. The van der Waals surface area contributed by atoms with Crippen LogP contribution in [0.15, 0.2) is 34.9 Å². The van der Waals surface area contributed by atoms with Crippen molar-refractivity contribution >= 4 is 23.4 Å². The number of hydrogen-bond donors (Lipinski definition) is 1. The zero-order chi connectivity index (χ0) is 19.4. The van der Waals surface area contributed by atoms with Gasteiger partial charge in [-0.25, -0.2) is 0 Å². The summed E-state index contributed by atoms with van der Waals surface area (Å²) in [5.41, 5.74) is 0.395. The number of nitrogens with one attached hydrogen (secondary N) is 1. The van der Waals surface area contributed by atoms with Gasteiger partial charge in [-0.15, -0.1) is 0 Å². The molecule has 0 saturated carbocycles. The fourth-order valence-electron chi connectivity index (χ4n) is 3.10. The Kier molecular flexibility index (Phi) is 5.91. The van der Waals surface area contributed by atoms with E-state index in [1.54, 1.807) is 29.2 Å². The van der Waals surface area contributed by atoms with Gasteiger partial charge in [-0.1, -0.05) is 11.6 Å². The fourth-order valence-corrected chi connectivity index (χ4v) is 3.39. The van der Waals surface area contributed by atoms with Crippen LogP contribution in [0.25, 0.3) is 0 Å². The van der Waals surface area contributed by atoms with E-state index in [2.05, 4.69) is 5.32 Å². The number of carbonyl (C=O) groups is 2. The van der Waals surface area contributed by atoms with Gasteiger partial charge >= 0.3 is 0 Å². The van der Waals surface area contributed by atoms with Crippen LogP contribution in [0.1, 0.15) is 33.8 Å². The van der Waals surface area contributed by atoms with Gasteiger partial charge in [-0.2, -0.15) is 0 Å². The summed E-state index contributed by atoms with van der Waals surface area (Å²) in [6.07, 6.45) is 2.81. The highest BCUT2D eigenvalue weighted by Gasteiger charge is 2.26. The molecule has 0 bridgehead atoms. The number of halogens is 1. The highest BCUT2D eigenvalue weighted by atomic mass is 35.5. The van der Waals surface area contributed by atoms with Crippen LogP contribution in [0.5, 0.6) is 11.5 Å². The van der Waals surface area contributed by atoms with Gasteiger partial charge in [0.15, 0.2) is 17.3 Å². The molecular formula is C19H21ClN2O5. The first kappa shape index (κ1) is 19.1. The zero-order valence-electron chi connectivity index (χ0n) is 15.2.